The lowest BCUT2D eigenvalue weighted by Gasteiger charge is -2.36. The molecular weight excluding hydrogens is 285 g/mol. The van der Waals surface area contributed by atoms with Crippen molar-refractivity contribution in [2.75, 3.05) is 6.54 Å². The van der Waals surface area contributed by atoms with Gasteiger partial charge in [0.2, 0.25) is 0 Å². The molecule has 1 aliphatic heterocycles. The van der Waals surface area contributed by atoms with Gasteiger partial charge in [-0.25, -0.2) is 0 Å². The maximum atomic E-state index is 12.3. The van der Waals surface area contributed by atoms with Crippen LogP contribution in [0, 0.1) is 0 Å². The number of carbonyl (C=O) groups is 1. The maximum Gasteiger partial charge on any atom is 0.573 e. The van der Waals surface area contributed by atoms with Gasteiger partial charge in [-0.05, 0) is 44.0 Å². The highest BCUT2D eigenvalue weighted by molar-refractivity contribution is 5.94. The van der Waals surface area contributed by atoms with Crippen molar-refractivity contribution in [3.63, 3.8) is 0 Å². The molecule has 0 saturated carbocycles. The Balaban J connectivity index is 2.06. The number of amides is 1. The Hall–Kier alpha value is -1.76. The number of halogens is 3. The Bertz CT molecular complexity index is 502. The first-order valence-electron chi connectivity index (χ1n) is 6.68. The van der Waals surface area contributed by atoms with Crippen molar-refractivity contribution in [2.45, 2.75) is 38.2 Å². The van der Waals surface area contributed by atoms with E-state index >= 15 is 0 Å². The molecular formula is C14H17F3N2O2. The van der Waals surface area contributed by atoms with E-state index in [-0.39, 0.29) is 23.7 Å². The summed E-state index contributed by atoms with van der Waals surface area (Å²) in [6, 6.07) is 5.07. The molecule has 0 spiro atoms. The third-order valence-corrected chi connectivity index (χ3v) is 3.51. The molecule has 0 aliphatic carbocycles. The van der Waals surface area contributed by atoms with Crippen LogP contribution >= 0.6 is 0 Å². The highest BCUT2D eigenvalue weighted by Crippen LogP contribution is 2.24. The summed E-state index contributed by atoms with van der Waals surface area (Å²) < 4.78 is 40.0. The summed E-state index contributed by atoms with van der Waals surface area (Å²) in [5.41, 5.74) is 6.18. The van der Waals surface area contributed by atoms with Gasteiger partial charge in [0.15, 0.2) is 0 Å². The average molecular weight is 302 g/mol. The number of ether oxygens (including phenoxy) is 1. The van der Waals surface area contributed by atoms with Crippen LogP contribution in [-0.2, 0) is 0 Å². The molecule has 2 N–H and O–H groups in total. The molecule has 2 unspecified atom stereocenters. The Morgan fingerprint density at radius 3 is 2.48 bits per heavy atom. The number of piperidine rings is 1. The highest BCUT2D eigenvalue weighted by atomic mass is 19.4. The normalized spacial score (nSPS) is 23.0. The van der Waals surface area contributed by atoms with Crippen LogP contribution in [0.5, 0.6) is 5.75 Å². The first-order chi connectivity index (χ1) is 9.76. The first-order valence-corrected chi connectivity index (χ1v) is 6.68. The Kier molecular flexibility index (Phi) is 4.41. The summed E-state index contributed by atoms with van der Waals surface area (Å²) in [6.45, 7) is 2.47. The summed E-state index contributed by atoms with van der Waals surface area (Å²) in [4.78, 5) is 14.0. The van der Waals surface area contributed by atoms with Crippen LogP contribution in [0.2, 0.25) is 0 Å². The largest absolute Gasteiger partial charge is 0.573 e. The highest BCUT2D eigenvalue weighted by Gasteiger charge is 2.31. The standard InChI is InChI=1S/C14H17F3N2O2/c1-9-8-11(18)6-7-19(9)13(20)10-2-4-12(5-3-10)21-14(15,16)17/h2-5,9,11H,6-8,18H2,1H3. The fourth-order valence-electron chi connectivity index (χ4n) is 2.48. The number of hydrogen-bond acceptors (Lipinski definition) is 3. The van der Waals surface area contributed by atoms with E-state index in [9.17, 15) is 18.0 Å². The zero-order chi connectivity index (χ0) is 15.6. The van der Waals surface area contributed by atoms with Gasteiger partial charge < -0.3 is 15.4 Å². The van der Waals surface area contributed by atoms with Crippen molar-refractivity contribution >= 4 is 5.91 Å². The third-order valence-electron chi connectivity index (χ3n) is 3.51. The van der Waals surface area contributed by atoms with Gasteiger partial charge in [-0.3, -0.25) is 4.79 Å². The lowest BCUT2D eigenvalue weighted by atomic mass is 9.98. The molecule has 1 aromatic rings. The van der Waals surface area contributed by atoms with Crippen molar-refractivity contribution in [1.29, 1.82) is 0 Å². The second-order valence-electron chi connectivity index (χ2n) is 5.20. The number of likely N-dealkylation sites (tertiary alicyclic amines) is 1. The topological polar surface area (TPSA) is 55.6 Å². The molecule has 1 aromatic carbocycles. The van der Waals surface area contributed by atoms with E-state index in [0.29, 0.717) is 12.1 Å². The summed E-state index contributed by atoms with van der Waals surface area (Å²) in [5, 5.41) is 0. The molecule has 2 atom stereocenters. The van der Waals surface area contributed by atoms with E-state index < -0.39 is 6.36 Å². The molecule has 21 heavy (non-hydrogen) atoms. The summed E-state index contributed by atoms with van der Waals surface area (Å²) in [6.07, 6.45) is -3.28. The average Bonchev–Trinajstić information content (AvgIpc) is 2.37. The van der Waals surface area contributed by atoms with Gasteiger partial charge >= 0.3 is 6.36 Å². The lowest BCUT2D eigenvalue weighted by molar-refractivity contribution is -0.274. The molecule has 1 amide bonds. The Morgan fingerprint density at radius 2 is 1.95 bits per heavy atom. The van der Waals surface area contributed by atoms with E-state index in [2.05, 4.69) is 4.74 Å². The van der Waals surface area contributed by atoms with Crippen LogP contribution in [0.4, 0.5) is 13.2 Å². The molecule has 1 fully saturated rings. The van der Waals surface area contributed by atoms with Gasteiger partial charge in [-0.2, -0.15) is 0 Å². The molecule has 116 valence electrons. The van der Waals surface area contributed by atoms with Crippen molar-refractivity contribution in [3.05, 3.63) is 29.8 Å². The van der Waals surface area contributed by atoms with Crippen LogP contribution in [0.25, 0.3) is 0 Å². The summed E-state index contributed by atoms with van der Waals surface area (Å²) in [5.74, 6) is -0.541. The Labute approximate surface area is 120 Å². The molecule has 4 nitrogen and oxygen atoms in total. The monoisotopic (exact) mass is 302 g/mol. The summed E-state index contributed by atoms with van der Waals surface area (Å²) in [7, 11) is 0. The van der Waals surface area contributed by atoms with Gasteiger partial charge in [0.05, 0.1) is 0 Å². The first kappa shape index (κ1) is 15.6. The lowest BCUT2D eigenvalue weighted by Crippen LogP contribution is -2.48. The van der Waals surface area contributed by atoms with Gasteiger partial charge in [0.25, 0.3) is 5.91 Å². The summed E-state index contributed by atoms with van der Waals surface area (Å²) >= 11 is 0. The fraction of sp³-hybridized carbons (Fsp3) is 0.500. The smallest absolute Gasteiger partial charge is 0.406 e. The van der Waals surface area contributed by atoms with Crippen LogP contribution in [-0.4, -0.2) is 35.8 Å². The van der Waals surface area contributed by atoms with Gasteiger partial charge in [-0.1, -0.05) is 0 Å². The quantitative estimate of drug-likeness (QED) is 0.913. The Morgan fingerprint density at radius 1 is 1.33 bits per heavy atom. The van der Waals surface area contributed by atoms with E-state index in [4.69, 9.17) is 5.73 Å². The van der Waals surface area contributed by atoms with E-state index in [1.54, 1.807) is 4.90 Å². The van der Waals surface area contributed by atoms with E-state index in [1.165, 1.54) is 12.1 Å². The third kappa shape index (κ3) is 4.10. The number of carbonyl (C=O) groups excluding carboxylic acids is 1. The molecule has 7 heteroatoms. The minimum absolute atomic E-state index is 0.0207. The van der Waals surface area contributed by atoms with Crippen molar-refractivity contribution in [3.8, 4) is 5.75 Å². The minimum atomic E-state index is -4.73. The molecule has 2 rings (SSSR count). The minimum Gasteiger partial charge on any atom is -0.406 e. The van der Waals surface area contributed by atoms with Gasteiger partial charge in [-0.15, -0.1) is 13.2 Å². The zero-order valence-corrected chi connectivity index (χ0v) is 11.6. The molecule has 0 bridgehead atoms. The molecule has 1 saturated heterocycles. The maximum absolute atomic E-state index is 12.3. The number of hydrogen-bond donors (Lipinski definition) is 1. The second-order valence-corrected chi connectivity index (χ2v) is 5.20. The van der Waals surface area contributed by atoms with Gasteiger partial charge in [0, 0.05) is 24.2 Å². The predicted octanol–water partition coefficient (Wildman–Crippen LogP) is 2.54. The number of benzene rings is 1. The fourth-order valence-corrected chi connectivity index (χ4v) is 2.48. The van der Waals surface area contributed by atoms with Crippen LogP contribution in [0.1, 0.15) is 30.1 Å². The molecule has 0 aromatic heterocycles. The van der Waals surface area contributed by atoms with Crippen molar-refractivity contribution in [1.82, 2.24) is 4.90 Å². The predicted molar refractivity (Wildman–Crippen MR) is 70.8 cm³/mol. The zero-order valence-electron chi connectivity index (χ0n) is 11.6. The molecule has 1 aliphatic rings. The van der Waals surface area contributed by atoms with E-state index in [0.717, 1.165) is 25.0 Å². The van der Waals surface area contributed by atoms with E-state index in [1.807, 2.05) is 6.92 Å². The van der Waals surface area contributed by atoms with Crippen molar-refractivity contribution in [2.24, 2.45) is 5.73 Å². The molecule has 0 radical (unpaired) electrons. The number of rotatable bonds is 2. The second kappa shape index (κ2) is 5.93. The van der Waals surface area contributed by atoms with Crippen molar-refractivity contribution < 1.29 is 22.7 Å². The van der Waals surface area contributed by atoms with Crippen LogP contribution < -0.4 is 10.5 Å². The van der Waals surface area contributed by atoms with Crippen LogP contribution in [0.3, 0.4) is 0 Å². The number of alkyl halides is 3. The molecule has 1 heterocycles. The van der Waals surface area contributed by atoms with Gasteiger partial charge in [0.1, 0.15) is 5.75 Å². The number of nitrogens with two attached hydrogens (primary N) is 1. The SMILES string of the molecule is CC1CC(N)CCN1C(=O)c1ccc(OC(F)(F)F)cc1. The van der Waals surface area contributed by atoms with Crippen LogP contribution in [0.15, 0.2) is 24.3 Å². The number of nitrogens with zero attached hydrogens (tertiary/aromatic N) is 1.